The Hall–Kier alpha value is -1.40. The third kappa shape index (κ3) is 3.98. The Bertz CT molecular complexity index is 715. The molecule has 1 atom stereocenters. The highest BCUT2D eigenvalue weighted by Gasteiger charge is 2.23. The SMILES string of the molecule is CC1CCCN(C(=O)CNS(=O)(=O)c2ccc3c(c2)CCCC3)C1. The molecule has 1 aliphatic carbocycles. The van der Waals surface area contributed by atoms with Crippen molar-refractivity contribution in [2.75, 3.05) is 19.6 Å². The topological polar surface area (TPSA) is 66.5 Å². The van der Waals surface area contributed by atoms with E-state index in [0.29, 0.717) is 5.92 Å². The normalized spacial score (nSPS) is 21.4. The lowest BCUT2D eigenvalue weighted by Crippen LogP contribution is -2.44. The molecule has 6 heteroatoms. The molecule has 1 fully saturated rings. The molecule has 0 bridgehead atoms. The van der Waals surface area contributed by atoms with Gasteiger partial charge in [0.1, 0.15) is 0 Å². The summed E-state index contributed by atoms with van der Waals surface area (Å²) < 4.78 is 27.5. The molecule has 0 radical (unpaired) electrons. The van der Waals surface area contributed by atoms with Crippen LogP contribution in [0.15, 0.2) is 23.1 Å². The molecule has 1 aromatic carbocycles. The minimum atomic E-state index is -3.64. The Morgan fingerprint density at radius 2 is 1.96 bits per heavy atom. The van der Waals surface area contributed by atoms with Crippen molar-refractivity contribution in [3.8, 4) is 0 Å². The monoisotopic (exact) mass is 350 g/mol. The number of likely N-dealkylation sites (tertiary alicyclic amines) is 1. The van der Waals surface area contributed by atoms with Crippen LogP contribution in [0.4, 0.5) is 0 Å². The molecule has 1 amide bonds. The van der Waals surface area contributed by atoms with Crippen molar-refractivity contribution < 1.29 is 13.2 Å². The fraction of sp³-hybridized carbons (Fsp3) is 0.611. The summed E-state index contributed by atoms with van der Waals surface area (Å²) in [5.74, 6) is 0.350. The Balaban J connectivity index is 1.64. The van der Waals surface area contributed by atoms with Gasteiger partial charge in [-0.2, -0.15) is 0 Å². The predicted molar refractivity (Wildman–Crippen MR) is 93.3 cm³/mol. The van der Waals surface area contributed by atoms with Crippen molar-refractivity contribution in [2.45, 2.75) is 50.3 Å². The van der Waals surface area contributed by atoms with E-state index in [4.69, 9.17) is 0 Å². The molecule has 2 aliphatic rings. The second-order valence-electron chi connectivity index (χ2n) is 7.05. The quantitative estimate of drug-likeness (QED) is 0.904. The molecule has 0 aromatic heterocycles. The average molecular weight is 350 g/mol. The van der Waals surface area contributed by atoms with E-state index in [9.17, 15) is 13.2 Å². The van der Waals surface area contributed by atoms with Gasteiger partial charge >= 0.3 is 0 Å². The molecule has 1 saturated heterocycles. The summed E-state index contributed by atoms with van der Waals surface area (Å²) in [6, 6.07) is 5.33. The van der Waals surface area contributed by atoms with Gasteiger partial charge in [-0.05, 0) is 67.7 Å². The second-order valence-corrected chi connectivity index (χ2v) is 8.82. The Kier molecular flexibility index (Phi) is 5.25. The molecule has 5 nitrogen and oxygen atoms in total. The van der Waals surface area contributed by atoms with Gasteiger partial charge < -0.3 is 4.90 Å². The summed E-state index contributed by atoms with van der Waals surface area (Å²) in [6.07, 6.45) is 6.35. The van der Waals surface area contributed by atoms with Crippen LogP contribution in [0.5, 0.6) is 0 Å². The maximum atomic E-state index is 12.5. The van der Waals surface area contributed by atoms with Gasteiger partial charge in [-0.25, -0.2) is 13.1 Å². The van der Waals surface area contributed by atoms with Crippen LogP contribution in [-0.2, 0) is 27.7 Å². The minimum absolute atomic E-state index is 0.136. The lowest BCUT2D eigenvalue weighted by Gasteiger charge is -2.31. The first-order valence-corrected chi connectivity index (χ1v) is 10.3. The molecule has 1 aromatic rings. The van der Waals surface area contributed by atoms with Gasteiger partial charge in [0, 0.05) is 13.1 Å². The van der Waals surface area contributed by atoms with Crippen molar-refractivity contribution in [3.05, 3.63) is 29.3 Å². The predicted octanol–water partition coefficient (Wildman–Crippen LogP) is 2.10. The average Bonchev–Trinajstić information content (AvgIpc) is 2.59. The lowest BCUT2D eigenvalue weighted by molar-refractivity contribution is -0.131. The van der Waals surface area contributed by atoms with Crippen LogP contribution in [0.1, 0.15) is 43.7 Å². The van der Waals surface area contributed by atoms with Crippen LogP contribution in [0.3, 0.4) is 0 Å². The highest BCUT2D eigenvalue weighted by atomic mass is 32.2. The third-order valence-electron chi connectivity index (χ3n) is 5.05. The number of fused-ring (bicyclic) bond motifs is 1. The van der Waals surface area contributed by atoms with Gasteiger partial charge in [-0.1, -0.05) is 13.0 Å². The summed E-state index contributed by atoms with van der Waals surface area (Å²) in [4.78, 5) is 14.3. The molecule has 1 unspecified atom stereocenters. The number of piperidine rings is 1. The number of hydrogen-bond acceptors (Lipinski definition) is 3. The van der Waals surface area contributed by atoms with Crippen LogP contribution in [0.2, 0.25) is 0 Å². The van der Waals surface area contributed by atoms with Crippen LogP contribution in [0.25, 0.3) is 0 Å². The van der Waals surface area contributed by atoms with Crippen LogP contribution >= 0.6 is 0 Å². The fourth-order valence-corrected chi connectivity index (χ4v) is 4.67. The van der Waals surface area contributed by atoms with E-state index in [0.717, 1.165) is 50.8 Å². The molecule has 1 N–H and O–H groups in total. The second kappa shape index (κ2) is 7.23. The summed E-state index contributed by atoms with van der Waals surface area (Å²) in [6.45, 7) is 3.41. The summed E-state index contributed by atoms with van der Waals surface area (Å²) in [5, 5.41) is 0. The third-order valence-corrected chi connectivity index (χ3v) is 6.45. The van der Waals surface area contributed by atoms with E-state index < -0.39 is 10.0 Å². The molecular formula is C18H26N2O3S. The van der Waals surface area contributed by atoms with Crippen molar-refractivity contribution in [1.29, 1.82) is 0 Å². The number of benzene rings is 1. The minimum Gasteiger partial charge on any atom is -0.341 e. The van der Waals surface area contributed by atoms with Crippen molar-refractivity contribution in [3.63, 3.8) is 0 Å². The number of carbonyl (C=O) groups is 1. The van der Waals surface area contributed by atoms with Gasteiger partial charge in [0.25, 0.3) is 0 Å². The van der Waals surface area contributed by atoms with Gasteiger partial charge in [-0.15, -0.1) is 0 Å². The van der Waals surface area contributed by atoms with Crippen LogP contribution in [0, 0.1) is 5.92 Å². The van der Waals surface area contributed by atoms with Crippen LogP contribution < -0.4 is 4.72 Å². The molecule has 24 heavy (non-hydrogen) atoms. The number of aryl methyl sites for hydroxylation is 2. The van der Waals surface area contributed by atoms with Crippen LogP contribution in [-0.4, -0.2) is 38.9 Å². The Morgan fingerprint density at radius 3 is 2.71 bits per heavy atom. The largest absolute Gasteiger partial charge is 0.341 e. The zero-order valence-electron chi connectivity index (χ0n) is 14.3. The first kappa shape index (κ1) is 17.4. The van der Waals surface area contributed by atoms with E-state index >= 15 is 0 Å². The highest BCUT2D eigenvalue weighted by molar-refractivity contribution is 7.89. The number of nitrogens with one attached hydrogen (secondary N) is 1. The first-order chi connectivity index (χ1) is 11.5. The Morgan fingerprint density at radius 1 is 1.21 bits per heavy atom. The van der Waals surface area contributed by atoms with Crippen molar-refractivity contribution >= 4 is 15.9 Å². The van der Waals surface area contributed by atoms with E-state index in [1.165, 1.54) is 12.0 Å². The van der Waals surface area contributed by atoms with E-state index in [1.807, 2.05) is 6.07 Å². The summed E-state index contributed by atoms with van der Waals surface area (Å²) in [5.41, 5.74) is 2.37. The summed E-state index contributed by atoms with van der Waals surface area (Å²) >= 11 is 0. The Labute approximate surface area is 144 Å². The standard InChI is InChI=1S/C18H26N2O3S/c1-14-5-4-10-20(13-14)18(21)12-19-24(22,23)17-9-8-15-6-2-3-7-16(15)11-17/h8-9,11,14,19H,2-7,10,12-13H2,1H3. The molecular weight excluding hydrogens is 324 g/mol. The van der Waals surface area contributed by atoms with Gasteiger partial charge in [0.05, 0.1) is 11.4 Å². The number of nitrogens with zero attached hydrogens (tertiary/aromatic N) is 1. The van der Waals surface area contributed by atoms with E-state index in [2.05, 4.69) is 11.6 Å². The van der Waals surface area contributed by atoms with Gasteiger partial charge in [0.2, 0.25) is 15.9 Å². The number of carbonyl (C=O) groups excluding carboxylic acids is 1. The van der Waals surface area contributed by atoms with Crippen molar-refractivity contribution in [1.82, 2.24) is 9.62 Å². The first-order valence-electron chi connectivity index (χ1n) is 8.85. The molecule has 3 rings (SSSR count). The van der Waals surface area contributed by atoms with E-state index in [-0.39, 0.29) is 17.3 Å². The molecule has 1 heterocycles. The highest BCUT2D eigenvalue weighted by Crippen LogP contribution is 2.24. The number of hydrogen-bond donors (Lipinski definition) is 1. The van der Waals surface area contributed by atoms with Crippen molar-refractivity contribution in [2.24, 2.45) is 5.92 Å². The number of rotatable bonds is 4. The molecule has 0 saturated carbocycles. The maximum Gasteiger partial charge on any atom is 0.241 e. The van der Waals surface area contributed by atoms with Gasteiger partial charge in [-0.3, -0.25) is 4.79 Å². The summed E-state index contributed by atoms with van der Waals surface area (Å²) in [7, 11) is -3.64. The number of sulfonamides is 1. The molecule has 1 aliphatic heterocycles. The van der Waals surface area contributed by atoms with E-state index in [1.54, 1.807) is 17.0 Å². The molecule has 0 spiro atoms. The zero-order chi connectivity index (χ0) is 17.2. The zero-order valence-corrected chi connectivity index (χ0v) is 15.1. The smallest absolute Gasteiger partial charge is 0.241 e. The lowest BCUT2D eigenvalue weighted by atomic mass is 9.92. The van der Waals surface area contributed by atoms with Gasteiger partial charge in [0.15, 0.2) is 0 Å². The molecule has 132 valence electrons. The maximum absolute atomic E-state index is 12.5. The number of amides is 1. The fourth-order valence-electron chi connectivity index (χ4n) is 3.64.